The highest BCUT2D eigenvalue weighted by atomic mass is 35.5. The van der Waals surface area contributed by atoms with E-state index in [9.17, 15) is 4.79 Å². The predicted octanol–water partition coefficient (Wildman–Crippen LogP) is 4.47. The predicted molar refractivity (Wildman–Crippen MR) is 93.9 cm³/mol. The molecule has 118 valence electrons. The van der Waals surface area contributed by atoms with E-state index in [0.29, 0.717) is 10.7 Å². The number of rotatable bonds is 4. The number of fused-ring (bicyclic) bond motifs is 1. The van der Waals surface area contributed by atoms with Crippen molar-refractivity contribution in [3.05, 3.63) is 58.1 Å². The van der Waals surface area contributed by atoms with Crippen LogP contribution in [0.15, 0.2) is 47.5 Å². The number of halogens is 1. The second-order valence-electron chi connectivity index (χ2n) is 5.45. The fourth-order valence-corrected chi connectivity index (χ4v) is 3.17. The molecule has 3 aromatic rings. The van der Waals surface area contributed by atoms with Crippen LogP contribution in [0.4, 0.5) is 0 Å². The highest BCUT2D eigenvalue weighted by Gasteiger charge is 2.16. The number of hydrogen-bond acceptors (Lipinski definition) is 3. The Kier molecular flexibility index (Phi) is 4.44. The average Bonchev–Trinajstić information content (AvgIpc) is 2.57. The van der Waals surface area contributed by atoms with E-state index >= 15 is 0 Å². The van der Waals surface area contributed by atoms with Crippen molar-refractivity contribution in [2.75, 3.05) is 0 Å². The van der Waals surface area contributed by atoms with E-state index in [0.717, 1.165) is 29.5 Å². The van der Waals surface area contributed by atoms with Crippen LogP contribution in [0.5, 0.6) is 0 Å². The molecule has 0 aliphatic carbocycles. The Morgan fingerprint density at radius 3 is 2.52 bits per heavy atom. The van der Waals surface area contributed by atoms with Crippen molar-refractivity contribution >= 4 is 22.6 Å². The Balaban J connectivity index is 2.34. The SMILES string of the molecule is CCC(CC)n1c(=O)ccc2c(-c3ccccc3Cl)ncnc21. The zero-order chi connectivity index (χ0) is 16.4. The van der Waals surface area contributed by atoms with Crippen LogP contribution < -0.4 is 5.56 Å². The van der Waals surface area contributed by atoms with E-state index in [4.69, 9.17) is 11.6 Å². The molecule has 5 heteroatoms. The van der Waals surface area contributed by atoms with Crippen molar-refractivity contribution < 1.29 is 0 Å². The zero-order valence-corrected chi connectivity index (χ0v) is 13.9. The third-order valence-electron chi connectivity index (χ3n) is 4.16. The summed E-state index contributed by atoms with van der Waals surface area (Å²) in [6.07, 6.45) is 3.25. The van der Waals surface area contributed by atoms with Crippen LogP contribution in [0.1, 0.15) is 32.7 Å². The fourth-order valence-electron chi connectivity index (χ4n) is 2.95. The van der Waals surface area contributed by atoms with E-state index in [1.807, 2.05) is 24.3 Å². The minimum Gasteiger partial charge on any atom is -0.290 e. The van der Waals surface area contributed by atoms with Crippen molar-refractivity contribution in [2.24, 2.45) is 0 Å². The third-order valence-corrected chi connectivity index (χ3v) is 4.49. The lowest BCUT2D eigenvalue weighted by atomic mass is 10.1. The fraction of sp³-hybridized carbons (Fsp3) is 0.278. The van der Waals surface area contributed by atoms with Gasteiger partial charge in [-0.2, -0.15) is 0 Å². The summed E-state index contributed by atoms with van der Waals surface area (Å²) in [6.45, 7) is 4.16. The molecule has 0 saturated heterocycles. The second kappa shape index (κ2) is 6.50. The molecule has 0 aliphatic heterocycles. The monoisotopic (exact) mass is 327 g/mol. The molecular formula is C18H18ClN3O. The Labute approximate surface area is 139 Å². The number of aromatic nitrogens is 3. The van der Waals surface area contributed by atoms with Gasteiger partial charge in [0.25, 0.3) is 5.56 Å². The highest BCUT2D eigenvalue weighted by Crippen LogP contribution is 2.31. The largest absolute Gasteiger partial charge is 0.290 e. The van der Waals surface area contributed by atoms with Crippen LogP contribution in [0, 0.1) is 0 Å². The quantitative estimate of drug-likeness (QED) is 0.710. The van der Waals surface area contributed by atoms with Crippen LogP contribution in [0.25, 0.3) is 22.3 Å². The van der Waals surface area contributed by atoms with E-state index in [2.05, 4.69) is 23.8 Å². The lowest BCUT2D eigenvalue weighted by molar-refractivity contribution is 0.470. The van der Waals surface area contributed by atoms with Gasteiger partial charge < -0.3 is 0 Å². The first-order valence-electron chi connectivity index (χ1n) is 7.78. The summed E-state index contributed by atoms with van der Waals surface area (Å²) in [5.74, 6) is 0. The molecule has 0 atom stereocenters. The molecule has 4 nitrogen and oxygen atoms in total. The van der Waals surface area contributed by atoms with Crippen LogP contribution in [-0.4, -0.2) is 14.5 Å². The summed E-state index contributed by atoms with van der Waals surface area (Å²) in [7, 11) is 0. The van der Waals surface area contributed by atoms with Gasteiger partial charge in [0.1, 0.15) is 12.0 Å². The maximum atomic E-state index is 12.4. The van der Waals surface area contributed by atoms with Gasteiger partial charge in [-0.15, -0.1) is 0 Å². The van der Waals surface area contributed by atoms with Gasteiger partial charge >= 0.3 is 0 Å². The summed E-state index contributed by atoms with van der Waals surface area (Å²) in [5, 5.41) is 1.47. The van der Waals surface area contributed by atoms with Gasteiger partial charge in [-0.3, -0.25) is 9.36 Å². The molecule has 0 unspecified atom stereocenters. The lowest BCUT2D eigenvalue weighted by Crippen LogP contribution is -2.24. The molecule has 2 heterocycles. The molecule has 0 fully saturated rings. The van der Waals surface area contributed by atoms with Crippen molar-refractivity contribution in [1.82, 2.24) is 14.5 Å². The molecule has 3 rings (SSSR count). The summed E-state index contributed by atoms with van der Waals surface area (Å²) < 4.78 is 1.78. The topological polar surface area (TPSA) is 47.8 Å². The van der Waals surface area contributed by atoms with Gasteiger partial charge in [-0.1, -0.05) is 43.6 Å². The molecule has 23 heavy (non-hydrogen) atoms. The molecule has 0 amide bonds. The molecule has 1 aromatic carbocycles. The molecule has 0 spiro atoms. The van der Waals surface area contributed by atoms with Crippen LogP contribution >= 0.6 is 11.6 Å². The molecule has 0 N–H and O–H groups in total. The smallest absolute Gasteiger partial charge is 0.252 e. The molecule has 2 aromatic heterocycles. The lowest BCUT2D eigenvalue weighted by Gasteiger charge is -2.19. The Bertz CT molecular complexity index is 900. The first-order valence-corrected chi connectivity index (χ1v) is 8.16. The third kappa shape index (κ3) is 2.75. The van der Waals surface area contributed by atoms with Gasteiger partial charge in [0.15, 0.2) is 0 Å². The highest BCUT2D eigenvalue weighted by molar-refractivity contribution is 6.33. The summed E-state index contributed by atoms with van der Waals surface area (Å²) >= 11 is 6.32. The molecule has 0 aliphatic rings. The molecule has 0 saturated carbocycles. The summed E-state index contributed by atoms with van der Waals surface area (Å²) in [5.41, 5.74) is 2.22. The zero-order valence-electron chi connectivity index (χ0n) is 13.2. The number of nitrogens with zero attached hydrogens (tertiary/aromatic N) is 3. The second-order valence-corrected chi connectivity index (χ2v) is 5.86. The van der Waals surface area contributed by atoms with Crippen LogP contribution in [0.2, 0.25) is 5.02 Å². The maximum Gasteiger partial charge on any atom is 0.252 e. The normalized spacial score (nSPS) is 11.3. The van der Waals surface area contributed by atoms with Crippen molar-refractivity contribution in [2.45, 2.75) is 32.7 Å². The van der Waals surface area contributed by atoms with Gasteiger partial charge in [0, 0.05) is 28.1 Å². The number of pyridine rings is 1. The maximum absolute atomic E-state index is 12.4. The number of benzene rings is 1. The van der Waals surface area contributed by atoms with E-state index in [1.54, 1.807) is 16.7 Å². The van der Waals surface area contributed by atoms with Gasteiger partial charge in [-0.05, 0) is 25.0 Å². The average molecular weight is 328 g/mol. The Hall–Kier alpha value is -2.20. The van der Waals surface area contributed by atoms with Crippen molar-refractivity contribution in [3.8, 4) is 11.3 Å². The first-order chi connectivity index (χ1) is 11.2. The minimum atomic E-state index is -0.0324. The number of hydrogen-bond donors (Lipinski definition) is 0. The van der Waals surface area contributed by atoms with E-state index < -0.39 is 0 Å². The van der Waals surface area contributed by atoms with Crippen molar-refractivity contribution in [1.29, 1.82) is 0 Å². The summed E-state index contributed by atoms with van der Waals surface area (Å²) in [4.78, 5) is 21.2. The summed E-state index contributed by atoms with van der Waals surface area (Å²) in [6, 6.07) is 11.1. The van der Waals surface area contributed by atoms with Gasteiger partial charge in [-0.25, -0.2) is 9.97 Å². The molecule has 0 radical (unpaired) electrons. The van der Waals surface area contributed by atoms with Crippen LogP contribution in [0.3, 0.4) is 0 Å². The van der Waals surface area contributed by atoms with Crippen molar-refractivity contribution in [3.63, 3.8) is 0 Å². The Morgan fingerprint density at radius 1 is 1.09 bits per heavy atom. The standard InChI is InChI=1S/C18H18ClN3O/c1-3-12(4-2)22-16(23)10-9-14-17(20-11-21-18(14)22)13-7-5-6-8-15(13)19/h5-12H,3-4H2,1-2H3. The minimum absolute atomic E-state index is 0.0324. The van der Waals surface area contributed by atoms with Gasteiger partial charge in [0.05, 0.1) is 5.69 Å². The molecule has 0 bridgehead atoms. The molecular weight excluding hydrogens is 310 g/mol. The van der Waals surface area contributed by atoms with Crippen LogP contribution in [-0.2, 0) is 0 Å². The van der Waals surface area contributed by atoms with E-state index in [1.165, 1.54) is 6.33 Å². The van der Waals surface area contributed by atoms with Gasteiger partial charge in [0.2, 0.25) is 0 Å². The first kappa shape index (κ1) is 15.7. The Morgan fingerprint density at radius 2 is 1.83 bits per heavy atom. The van der Waals surface area contributed by atoms with E-state index in [-0.39, 0.29) is 11.6 Å².